The van der Waals surface area contributed by atoms with Crippen molar-refractivity contribution in [3.05, 3.63) is 77.6 Å². The Morgan fingerprint density at radius 3 is 2.65 bits per heavy atom. The van der Waals surface area contributed by atoms with Gasteiger partial charge >= 0.3 is 5.97 Å². The highest BCUT2D eigenvalue weighted by molar-refractivity contribution is 5.90. The van der Waals surface area contributed by atoms with Crippen molar-refractivity contribution in [2.45, 2.75) is 6.92 Å². The number of nitriles is 1. The average Bonchev–Trinajstić information content (AvgIpc) is 3.27. The van der Waals surface area contributed by atoms with Crippen molar-refractivity contribution in [1.29, 1.82) is 5.26 Å². The van der Waals surface area contributed by atoms with Gasteiger partial charge in [-0.1, -0.05) is 24.3 Å². The number of amides is 1. The molecule has 0 aliphatic carbocycles. The molecule has 0 atom stereocenters. The molecule has 2 aromatic carbocycles. The van der Waals surface area contributed by atoms with Crippen molar-refractivity contribution in [3.8, 4) is 23.1 Å². The van der Waals surface area contributed by atoms with Crippen molar-refractivity contribution in [2.75, 3.05) is 13.2 Å². The van der Waals surface area contributed by atoms with Gasteiger partial charge in [-0.2, -0.15) is 10.4 Å². The van der Waals surface area contributed by atoms with Gasteiger partial charge in [0.05, 0.1) is 23.9 Å². The molecule has 0 bridgehead atoms. The zero-order valence-corrected chi connectivity index (χ0v) is 16.7. The molecule has 3 aromatic rings. The summed E-state index contributed by atoms with van der Waals surface area (Å²) in [4.78, 5) is 23.6. The standard InChI is InChI=1S/C23H19N3O5/c1-2-29-23(28)17-9-7-16(8-10-17)21-12-11-19(31-21)14-25-26-22(27)15-30-20-6-4-3-5-18(20)13-24/h3-12,14H,2,15H2,1H3,(H,26,27)/b25-14-. The van der Waals surface area contributed by atoms with Crippen LogP contribution in [0.25, 0.3) is 11.3 Å². The Labute approximate surface area is 178 Å². The van der Waals surface area contributed by atoms with E-state index in [0.29, 0.717) is 35.0 Å². The van der Waals surface area contributed by atoms with E-state index >= 15 is 0 Å². The number of carbonyl (C=O) groups is 2. The minimum atomic E-state index is -0.481. The second kappa shape index (κ2) is 10.4. The molecule has 0 fully saturated rings. The average molecular weight is 417 g/mol. The van der Waals surface area contributed by atoms with E-state index in [1.54, 1.807) is 67.6 Å². The molecule has 3 rings (SSSR count). The van der Waals surface area contributed by atoms with Crippen LogP contribution in [0, 0.1) is 11.3 Å². The van der Waals surface area contributed by atoms with Crippen LogP contribution in [0.3, 0.4) is 0 Å². The van der Waals surface area contributed by atoms with E-state index in [4.69, 9.17) is 19.2 Å². The number of nitrogens with zero attached hydrogens (tertiary/aromatic N) is 2. The van der Waals surface area contributed by atoms with Crippen molar-refractivity contribution >= 4 is 18.1 Å². The molecule has 0 spiro atoms. The quantitative estimate of drug-likeness (QED) is 0.341. The lowest BCUT2D eigenvalue weighted by Crippen LogP contribution is -2.24. The third-order valence-corrected chi connectivity index (χ3v) is 4.05. The van der Waals surface area contributed by atoms with Gasteiger partial charge in [0.1, 0.15) is 23.3 Å². The molecule has 8 nitrogen and oxygen atoms in total. The Balaban J connectivity index is 1.53. The maximum absolute atomic E-state index is 11.9. The monoisotopic (exact) mass is 417 g/mol. The smallest absolute Gasteiger partial charge is 0.338 e. The third-order valence-electron chi connectivity index (χ3n) is 4.05. The Hall–Kier alpha value is -4.38. The van der Waals surface area contributed by atoms with E-state index in [1.807, 2.05) is 6.07 Å². The van der Waals surface area contributed by atoms with Gasteiger partial charge in [0, 0.05) is 5.56 Å². The molecule has 0 saturated heterocycles. The number of ether oxygens (including phenoxy) is 2. The third kappa shape index (κ3) is 5.81. The summed E-state index contributed by atoms with van der Waals surface area (Å²) >= 11 is 0. The predicted molar refractivity (Wildman–Crippen MR) is 112 cm³/mol. The number of benzene rings is 2. The SMILES string of the molecule is CCOC(=O)c1ccc(-c2ccc(/C=N\NC(=O)COc3ccccc3C#N)o2)cc1. The Morgan fingerprint density at radius 2 is 1.90 bits per heavy atom. The minimum Gasteiger partial charge on any atom is -0.482 e. The van der Waals surface area contributed by atoms with E-state index in [0.717, 1.165) is 5.56 Å². The molecule has 0 radical (unpaired) electrons. The maximum atomic E-state index is 11.9. The summed E-state index contributed by atoms with van der Waals surface area (Å²) in [7, 11) is 0. The largest absolute Gasteiger partial charge is 0.482 e. The van der Waals surface area contributed by atoms with E-state index < -0.39 is 5.91 Å². The number of hydrogen-bond acceptors (Lipinski definition) is 7. The summed E-state index contributed by atoms with van der Waals surface area (Å²) in [5.74, 6) is 0.483. The molecule has 1 heterocycles. The Bertz CT molecular complexity index is 1130. The van der Waals surface area contributed by atoms with Gasteiger partial charge in [-0.25, -0.2) is 10.2 Å². The molecule has 0 saturated carbocycles. The molecule has 1 amide bonds. The number of hydrazone groups is 1. The maximum Gasteiger partial charge on any atom is 0.338 e. The molecular formula is C23H19N3O5. The van der Waals surface area contributed by atoms with Gasteiger partial charge in [0.2, 0.25) is 0 Å². The lowest BCUT2D eigenvalue weighted by Gasteiger charge is -2.05. The second-order valence-corrected chi connectivity index (χ2v) is 6.19. The number of esters is 1. The van der Waals surface area contributed by atoms with Gasteiger partial charge in [-0.05, 0) is 43.3 Å². The fourth-order valence-electron chi connectivity index (χ4n) is 2.59. The fourth-order valence-corrected chi connectivity index (χ4v) is 2.59. The molecule has 1 aromatic heterocycles. The Kier molecular flexibility index (Phi) is 7.16. The molecule has 0 aliphatic rings. The second-order valence-electron chi connectivity index (χ2n) is 6.19. The summed E-state index contributed by atoms with van der Waals surface area (Å²) < 4.78 is 16.0. The van der Waals surface area contributed by atoms with Crippen LogP contribution in [0.2, 0.25) is 0 Å². The number of carbonyl (C=O) groups excluding carboxylic acids is 2. The fraction of sp³-hybridized carbons (Fsp3) is 0.130. The van der Waals surface area contributed by atoms with E-state index in [1.165, 1.54) is 6.21 Å². The van der Waals surface area contributed by atoms with E-state index in [-0.39, 0.29) is 12.6 Å². The molecule has 8 heteroatoms. The van der Waals surface area contributed by atoms with Crippen LogP contribution in [0.5, 0.6) is 5.75 Å². The first-order valence-electron chi connectivity index (χ1n) is 9.42. The lowest BCUT2D eigenvalue weighted by molar-refractivity contribution is -0.123. The van der Waals surface area contributed by atoms with Crippen LogP contribution in [0.4, 0.5) is 0 Å². The van der Waals surface area contributed by atoms with Crippen molar-refractivity contribution in [3.63, 3.8) is 0 Å². The number of rotatable bonds is 8. The number of para-hydroxylation sites is 1. The summed E-state index contributed by atoms with van der Waals surface area (Å²) in [6.07, 6.45) is 1.36. The normalized spacial score (nSPS) is 10.5. The van der Waals surface area contributed by atoms with Crippen LogP contribution in [0.1, 0.15) is 28.6 Å². The molecule has 0 aliphatic heterocycles. The van der Waals surface area contributed by atoms with Crippen LogP contribution in [-0.4, -0.2) is 31.3 Å². The highest BCUT2D eigenvalue weighted by Crippen LogP contribution is 2.22. The zero-order valence-electron chi connectivity index (χ0n) is 16.7. The van der Waals surface area contributed by atoms with Gasteiger partial charge in [0.25, 0.3) is 5.91 Å². The molecule has 31 heavy (non-hydrogen) atoms. The van der Waals surface area contributed by atoms with Crippen molar-refractivity contribution in [1.82, 2.24) is 5.43 Å². The lowest BCUT2D eigenvalue weighted by atomic mass is 10.1. The van der Waals surface area contributed by atoms with Crippen molar-refractivity contribution in [2.24, 2.45) is 5.10 Å². The van der Waals surface area contributed by atoms with Crippen LogP contribution in [-0.2, 0) is 9.53 Å². The van der Waals surface area contributed by atoms with E-state index in [2.05, 4.69) is 10.5 Å². The van der Waals surface area contributed by atoms with Gasteiger partial charge in [-0.3, -0.25) is 4.79 Å². The van der Waals surface area contributed by atoms with Crippen LogP contribution in [0.15, 0.2) is 70.2 Å². The number of nitrogens with one attached hydrogen (secondary N) is 1. The minimum absolute atomic E-state index is 0.285. The number of hydrogen-bond donors (Lipinski definition) is 1. The first-order chi connectivity index (χ1) is 15.1. The number of furan rings is 1. The topological polar surface area (TPSA) is 114 Å². The summed E-state index contributed by atoms with van der Waals surface area (Å²) in [5.41, 5.74) is 3.91. The Morgan fingerprint density at radius 1 is 1.13 bits per heavy atom. The first kappa shape index (κ1) is 21.3. The first-order valence-corrected chi connectivity index (χ1v) is 9.42. The summed E-state index contributed by atoms with van der Waals surface area (Å²) in [5, 5.41) is 12.8. The van der Waals surface area contributed by atoms with Crippen LogP contribution >= 0.6 is 0 Å². The highest BCUT2D eigenvalue weighted by atomic mass is 16.5. The van der Waals surface area contributed by atoms with Crippen molar-refractivity contribution < 1.29 is 23.5 Å². The summed E-state index contributed by atoms with van der Waals surface area (Å²) in [6, 6.07) is 18.9. The highest BCUT2D eigenvalue weighted by Gasteiger charge is 2.09. The van der Waals surface area contributed by atoms with Gasteiger partial charge < -0.3 is 13.9 Å². The molecular weight excluding hydrogens is 398 g/mol. The zero-order chi connectivity index (χ0) is 22.1. The molecule has 156 valence electrons. The predicted octanol–water partition coefficient (Wildman–Crippen LogP) is 3.52. The molecule has 0 unspecified atom stereocenters. The summed E-state index contributed by atoms with van der Waals surface area (Å²) in [6.45, 7) is 1.78. The van der Waals surface area contributed by atoms with Gasteiger partial charge in [-0.15, -0.1) is 0 Å². The van der Waals surface area contributed by atoms with E-state index in [9.17, 15) is 9.59 Å². The van der Waals surface area contributed by atoms with Gasteiger partial charge in [0.15, 0.2) is 6.61 Å². The molecule has 1 N–H and O–H groups in total. The van der Waals surface area contributed by atoms with Crippen LogP contribution < -0.4 is 10.2 Å².